The minimum atomic E-state index is 0.781. The van der Waals surface area contributed by atoms with Gasteiger partial charge in [-0.3, -0.25) is 0 Å². The Morgan fingerprint density at radius 3 is 2.69 bits per heavy atom. The van der Waals surface area contributed by atoms with E-state index >= 15 is 0 Å². The van der Waals surface area contributed by atoms with Gasteiger partial charge in [0.25, 0.3) is 0 Å². The van der Waals surface area contributed by atoms with Crippen molar-refractivity contribution in [3.05, 3.63) is 48.0 Å². The summed E-state index contributed by atoms with van der Waals surface area (Å²) in [5, 5.41) is 0.781. The fourth-order valence-electron chi connectivity index (χ4n) is 1.39. The molecule has 1 aliphatic heterocycles. The molecular formula is C12H14S. The van der Waals surface area contributed by atoms with Crippen LogP contribution in [-0.2, 0) is 6.42 Å². The minimum absolute atomic E-state index is 0.781. The zero-order valence-electron chi connectivity index (χ0n) is 7.70. The highest BCUT2D eigenvalue weighted by molar-refractivity contribution is 8.07. The molecule has 1 atom stereocenters. The quantitative estimate of drug-likeness (QED) is 0.518. The SMILES string of the molecule is C=C(CCc1ccccc1)C1CS1. The van der Waals surface area contributed by atoms with E-state index in [0.29, 0.717) is 0 Å². The standard InChI is InChI=1S/C12H14S/c1-10(12-9-13-12)7-8-11-5-3-2-4-6-11/h2-6,12H,1,7-9H2. The van der Waals surface area contributed by atoms with Gasteiger partial charge >= 0.3 is 0 Å². The third kappa shape index (κ3) is 2.63. The molecule has 0 N–H and O–H groups in total. The van der Waals surface area contributed by atoms with Gasteiger partial charge in [0.2, 0.25) is 0 Å². The first-order valence-corrected chi connectivity index (χ1v) is 5.74. The molecule has 1 saturated heterocycles. The maximum atomic E-state index is 4.11. The van der Waals surface area contributed by atoms with Crippen LogP contribution in [0, 0.1) is 0 Å². The van der Waals surface area contributed by atoms with Crippen molar-refractivity contribution in [1.29, 1.82) is 0 Å². The fraction of sp³-hybridized carbons (Fsp3) is 0.333. The molecule has 1 fully saturated rings. The van der Waals surface area contributed by atoms with Crippen molar-refractivity contribution < 1.29 is 0 Å². The zero-order valence-corrected chi connectivity index (χ0v) is 8.52. The molecule has 1 aromatic rings. The van der Waals surface area contributed by atoms with Gasteiger partial charge < -0.3 is 0 Å². The summed E-state index contributed by atoms with van der Waals surface area (Å²) in [5.74, 6) is 1.30. The van der Waals surface area contributed by atoms with Crippen molar-refractivity contribution in [2.24, 2.45) is 0 Å². The normalized spacial score (nSPS) is 19.8. The predicted octanol–water partition coefficient (Wildman–Crippen LogP) is 3.29. The van der Waals surface area contributed by atoms with Gasteiger partial charge in [-0.2, -0.15) is 11.8 Å². The van der Waals surface area contributed by atoms with E-state index in [1.54, 1.807) is 0 Å². The van der Waals surface area contributed by atoms with E-state index in [0.717, 1.165) is 18.1 Å². The van der Waals surface area contributed by atoms with Crippen molar-refractivity contribution in [1.82, 2.24) is 0 Å². The Morgan fingerprint density at radius 2 is 2.08 bits per heavy atom. The van der Waals surface area contributed by atoms with Gasteiger partial charge in [0.1, 0.15) is 0 Å². The Kier molecular flexibility index (Phi) is 2.74. The number of thioether (sulfide) groups is 1. The van der Waals surface area contributed by atoms with E-state index in [1.807, 2.05) is 11.8 Å². The molecule has 13 heavy (non-hydrogen) atoms. The monoisotopic (exact) mass is 190 g/mol. The molecule has 68 valence electrons. The third-order valence-electron chi connectivity index (χ3n) is 2.37. The highest BCUT2D eigenvalue weighted by Gasteiger charge is 2.24. The van der Waals surface area contributed by atoms with Gasteiger partial charge in [0, 0.05) is 11.0 Å². The molecule has 0 nitrogen and oxygen atoms in total. The first-order chi connectivity index (χ1) is 6.36. The Morgan fingerprint density at radius 1 is 1.38 bits per heavy atom. The Bertz CT molecular complexity index is 285. The van der Waals surface area contributed by atoms with Crippen molar-refractivity contribution in [3.8, 4) is 0 Å². The Balaban J connectivity index is 1.82. The van der Waals surface area contributed by atoms with Crippen LogP contribution in [0.5, 0.6) is 0 Å². The van der Waals surface area contributed by atoms with E-state index in [2.05, 4.69) is 36.9 Å². The summed E-state index contributed by atoms with van der Waals surface area (Å²) >= 11 is 2.01. The molecule has 0 saturated carbocycles. The average molecular weight is 190 g/mol. The van der Waals surface area contributed by atoms with Gasteiger partial charge in [0.15, 0.2) is 0 Å². The topological polar surface area (TPSA) is 0 Å². The summed E-state index contributed by atoms with van der Waals surface area (Å²) in [6.45, 7) is 4.11. The molecule has 1 aliphatic rings. The average Bonchev–Trinajstić information content (AvgIpc) is 2.99. The van der Waals surface area contributed by atoms with Crippen LogP contribution < -0.4 is 0 Å². The molecular weight excluding hydrogens is 176 g/mol. The maximum Gasteiger partial charge on any atom is 0.0345 e. The summed E-state index contributed by atoms with van der Waals surface area (Å²) in [4.78, 5) is 0. The number of hydrogen-bond acceptors (Lipinski definition) is 1. The number of hydrogen-bond donors (Lipinski definition) is 0. The van der Waals surface area contributed by atoms with E-state index in [9.17, 15) is 0 Å². The largest absolute Gasteiger partial charge is 0.152 e. The van der Waals surface area contributed by atoms with E-state index in [1.165, 1.54) is 16.9 Å². The smallest absolute Gasteiger partial charge is 0.0345 e. The fourth-order valence-corrected chi connectivity index (χ4v) is 2.08. The third-order valence-corrected chi connectivity index (χ3v) is 3.37. The molecule has 1 unspecified atom stereocenters. The second-order valence-electron chi connectivity index (χ2n) is 3.47. The summed E-state index contributed by atoms with van der Waals surface area (Å²) in [6, 6.07) is 10.6. The number of aryl methyl sites for hydroxylation is 1. The maximum absolute atomic E-state index is 4.11. The zero-order chi connectivity index (χ0) is 9.10. The van der Waals surface area contributed by atoms with Crippen molar-refractivity contribution in [3.63, 3.8) is 0 Å². The molecule has 0 amide bonds. The van der Waals surface area contributed by atoms with Gasteiger partial charge in [-0.25, -0.2) is 0 Å². The Hall–Kier alpha value is -0.690. The molecule has 0 spiro atoms. The van der Waals surface area contributed by atoms with Gasteiger partial charge in [-0.15, -0.1) is 0 Å². The van der Waals surface area contributed by atoms with Crippen LogP contribution in [0.25, 0.3) is 0 Å². The molecule has 1 heterocycles. The lowest BCUT2D eigenvalue weighted by molar-refractivity contribution is 0.923. The molecule has 0 radical (unpaired) electrons. The lowest BCUT2D eigenvalue weighted by Gasteiger charge is -2.02. The summed E-state index contributed by atoms with van der Waals surface area (Å²) in [5.41, 5.74) is 2.85. The van der Waals surface area contributed by atoms with Gasteiger partial charge in [0.05, 0.1) is 0 Å². The second kappa shape index (κ2) is 4.01. The van der Waals surface area contributed by atoms with E-state index in [-0.39, 0.29) is 0 Å². The summed E-state index contributed by atoms with van der Waals surface area (Å²) in [6.07, 6.45) is 2.30. The lowest BCUT2D eigenvalue weighted by atomic mass is 10.0. The van der Waals surface area contributed by atoms with Gasteiger partial charge in [-0.05, 0) is 18.4 Å². The highest BCUT2D eigenvalue weighted by Crippen LogP contribution is 2.37. The summed E-state index contributed by atoms with van der Waals surface area (Å²) < 4.78 is 0. The van der Waals surface area contributed by atoms with Crippen LogP contribution in [0.1, 0.15) is 12.0 Å². The highest BCUT2D eigenvalue weighted by atomic mass is 32.2. The van der Waals surface area contributed by atoms with Crippen molar-refractivity contribution >= 4 is 11.8 Å². The van der Waals surface area contributed by atoms with Crippen LogP contribution in [0.2, 0.25) is 0 Å². The summed E-state index contributed by atoms with van der Waals surface area (Å²) in [7, 11) is 0. The van der Waals surface area contributed by atoms with E-state index < -0.39 is 0 Å². The predicted molar refractivity (Wildman–Crippen MR) is 60.1 cm³/mol. The van der Waals surface area contributed by atoms with Crippen LogP contribution in [0.15, 0.2) is 42.5 Å². The van der Waals surface area contributed by atoms with Crippen LogP contribution in [-0.4, -0.2) is 11.0 Å². The van der Waals surface area contributed by atoms with E-state index in [4.69, 9.17) is 0 Å². The molecule has 0 aliphatic carbocycles. The molecule has 2 rings (SSSR count). The van der Waals surface area contributed by atoms with Crippen LogP contribution >= 0.6 is 11.8 Å². The van der Waals surface area contributed by atoms with Gasteiger partial charge in [-0.1, -0.05) is 42.5 Å². The second-order valence-corrected chi connectivity index (χ2v) is 4.70. The van der Waals surface area contributed by atoms with Crippen LogP contribution in [0.4, 0.5) is 0 Å². The van der Waals surface area contributed by atoms with Crippen molar-refractivity contribution in [2.75, 3.05) is 5.75 Å². The van der Waals surface area contributed by atoms with Crippen molar-refractivity contribution in [2.45, 2.75) is 18.1 Å². The molecule has 1 heteroatoms. The minimum Gasteiger partial charge on any atom is -0.152 e. The Labute approximate surface area is 84.0 Å². The molecule has 1 aromatic carbocycles. The van der Waals surface area contributed by atoms with Crippen LogP contribution in [0.3, 0.4) is 0 Å². The first-order valence-electron chi connectivity index (χ1n) is 4.69. The lowest BCUT2D eigenvalue weighted by Crippen LogP contribution is -1.92. The number of benzene rings is 1. The molecule has 0 aromatic heterocycles. The first kappa shape index (κ1) is 8.89. The molecule has 0 bridgehead atoms. The number of rotatable bonds is 4.